The lowest BCUT2D eigenvalue weighted by Gasteiger charge is -2.08. The summed E-state index contributed by atoms with van der Waals surface area (Å²) in [6.07, 6.45) is 1.59. The van der Waals surface area contributed by atoms with Crippen molar-refractivity contribution in [1.82, 2.24) is 4.98 Å². The Labute approximate surface area is 120 Å². The number of rotatable bonds is 3. The van der Waals surface area contributed by atoms with Crippen molar-refractivity contribution in [1.29, 1.82) is 0 Å². The number of fused-ring (bicyclic) bond motifs is 1. The van der Waals surface area contributed by atoms with E-state index in [1.54, 1.807) is 42.6 Å². The number of hydrogen-bond acceptors (Lipinski definition) is 4. The van der Waals surface area contributed by atoms with E-state index in [2.05, 4.69) is 4.98 Å². The van der Waals surface area contributed by atoms with Crippen LogP contribution >= 0.6 is 0 Å². The van der Waals surface area contributed by atoms with Gasteiger partial charge in [-0.25, -0.2) is 9.78 Å². The topological polar surface area (TPSA) is 79.7 Å². The van der Waals surface area contributed by atoms with E-state index < -0.39 is 5.97 Å². The van der Waals surface area contributed by atoms with Crippen LogP contribution in [0.3, 0.4) is 0 Å². The summed E-state index contributed by atoms with van der Waals surface area (Å²) >= 11 is 0. The number of aromatic hydroxyl groups is 1. The van der Waals surface area contributed by atoms with Crippen molar-refractivity contribution >= 4 is 16.7 Å². The number of ether oxygens (including phenoxy) is 1. The molecule has 5 heteroatoms. The summed E-state index contributed by atoms with van der Waals surface area (Å²) in [7, 11) is 0. The van der Waals surface area contributed by atoms with E-state index in [9.17, 15) is 9.90 Å². The van der Waals surface area contributed by atoms with E-state index in [0.717, 1.165) is 5.39 Å². The highest BCUT2D eigenvalue weighted by molar-refractivity contribution is 5.89. The van der Waals surface area contributed by atoms with Crippen LogP contribution < -0.4 is 4.74 Å². The van der Waals surface area contributed by atoms with Gasteiger partial charge in [-0.3, -0.25) is 0 Å². The normalized spacial score (nSPS) is 10.5. The number of phenols is 1. The molecule has 0 fully saturated rings. The summed E-state index contributed by atoms with van der Waals surface area (Å²) in [5, 5.41) is 20.1. The molecule has 3 aromatic rings. The third-order valence-corrected chi connectivity index (χ3v) is 3.01. The van der Waals surface area contributed by atoms with Crippen molar-refractivity contribution < 1.29 is 19.7 Å². The number of nitrogens with zero attached hydrogens (tertiary/aromatic N) is 1. The van der Waals surface area contributed by atoms with Gasteiger partial charge in [-0.1, -0.05) is 12.1 Å². The lowest BCUT2D eigenvalue weighted by molar-refractivity contribution is 0.0696. The molecule has 0 saturated carbocycles. The summed E-state index contributed by atoms with van der Waals surface area (Å²) in [4.78, 5) is 15.1. The predicted octanol–water partition coefficient (Wildman–Crippen LogP) is 3.43. The van der Waals surface area contributed by atoms with Crippen LogP contribution in [0.5, 0.6) is 17.4 Å². The molecule has 0 atom stereocenters. The molecule has 21 heavy (non-hydrogen) atoms. The molecular formula is C16H11NO4. The third kappa shape index (κ3) is 2.62. The number of benzene rings is 2. The van der Waals surface area contributed by atoms with Crippen molar-refractivity contribution in [3.8, 4) is 17.4 Å². The Morgan fingerprint density at radius 3 is 2.76 bits per heavy atom. The Bertz CT molecular complexity index is 829. The molecule has 104 valence electrons. The van der Waals surface area contributed by atoms with Crippen molar-refractivity contribution in [2.45, 2.75) is 0 Å². The molecule has 0 bridgehead atoms. The van der Waals surface area contributed by atoms with Crippen LogP contribution in [0.2, 0.25) is 0 Å². The fourth-order valence-electron chi connectivity index (χ4n) is 2.02. The monoisotopic (exact) mass is 281 g/mol. The number of carbonyl (C=O) groups is 1. The third-order valence-electron chi connectivity index (χ3n) is 3.01. The number of phenolic OH excluding ortho intramolecular Hbond substituents is 1. The predicted molar refractivity (Wildman–Crippen MR) is 76.9 cm³/mol. The van der Waals surface area contributed by atoms with Crippen LogP contribution in [0, 0.1) is 0 Å². The van der Waals surface area contributed by atoms with Gasteiger partial charge in [-0.05, 0) is 41.8 Å². The minimum absolute atomic E-state index is 0.111. The molecule has 0 amide bonds. The zero-order valence-electron chi connectivity index (χ0n) is 10.9. The zero-order chi connectivity index (χ0) is 14.8. The molecule has 5 nitrogen and oxygen atoms in total. The fourth-order valence-corrected chi connectivity index (χ4v) is 2.02. The Morgan fingerprint density at radius 2 is 1.95 bits per heavy atom. The SMILES string of the molecule is O=C(O)c1cccc(Oc2nccc3ccc(O)cc23)c1. The van der Waals surface area contributed by atoms with Crippen LogP contribution in [0.25, 0.3) is 10.8 Å². The Morgan fingerprint density at radius 1 is 1.10 bits per heavy atom. The second kappa shape index (κ2) is 5.13. The first-order chi connectivity index (χ1) is 10.1. The Hall–Kier alpha value is -3.08. The molecule has 0 aliphatic heterocycles. The summed E-state index contributed by atoms with van der Waals surface area (Å²) < 4.78 is 5.65. The van der Waals surface area contributed by atoms with E-state index >= 15 is 0 Å². The van der Waals surface area contributed by atoms with Gasteiger partial charge in [-0.2, -0.15) is 0 Å². The van der Waals surface area contributed by atoms with Crippen LogP contribution in [-0.4, -0.2) is 21.2 Å². The van der Waals surface area contributed by atoms with Gasteiger partial charge >= 0.3 is 5.97 Å². The van der Waals surface area contributed by atoms with Crippen LogP contribution in [0.15, 0.2) is 54.7 Å². The summed E-state index contributed by atoms with van der Waals surface area (Å²) in [6, 6.07) is 12.8. The van der Waals surface area contributed by atoms with Crippen molar-refractivity contribution in [2.75, 3.05) is 0 Å². The lowest BCUT2D eigenvalue weighted by atomic mass is 10.1. The number of carboxylic acid groups (broad SMARTS) is 1. The molecule has 2 aromatic carbocycles. The molecule has 0 spiro atoms. The molecule has 2 N–H and O–H groups in total. The van der Waals surface area contributed by atoms with Crippen molar-refractivity contribution in [3.05, 3.63) is 60.3 Å². The number of aromatic carboxylic acids is 1. The number of pyridine rings is 1. The highest BCUT2D eigenvalue weighted by atomic mass is 16.5. The maximum Gasteiger partial charge on any atom is 0.335 e. The Balaban J connectivity index is 2.04. The molecule has 1 aromatic heterocycles. The number of hydrogen-bond donors (Lipinski definition) is 2. The van der Waals surface area contributed by atoms with E-state index in [4.69, 9.17) is 9.84 Å². The van der Waals surface area contributed by atoms with E-state index in [-0.39, 0.29) is 11.3 Å². The quantitative estimate of drug-likeness (QED) is 0.768. The highest BCUT2D eigenvalue weighted by Gasteiger charge is 2.08. The summed E-state index contributed by atoms with van der Waals surface area (Å²) in [6.45, 7) is 0. The minimum atomic E-state index is -1.02. The van der Waals surface area contributed by atoms with Gasteiger partial charge in [0, 0.05) is 11.6 Å². The van der Waals surface area contributed by atoms with Crippen LogP contribution in [-0.2, 0) is 0 Å². The molecule has 0 unspecified atom stereocenters. The highest BCUT2D eigenvalue weighted by Crippen LogP contribution is 2.30. The van der Waals surface area contributed by atoms with Gasteiger partial charge in [0.15, 0.2) is 0 Å². The second-order valence-corrected chi connectivity index (χ2v) is 4.46. The molecule has 0 aliphatic rings. The number of carboxylic acids is 1. The van der Waals surface area contributed by atoms with Crippen molar-refractivity contribution in [3.63, 3.8) is 0 Å². The minimum Gasteiger partial charge on any atom is -0.508 e. The smallest absolute Gasteiger partial charge is 0.335 e. The first kappa shape index (κ1) is 12.9. The van der Waals surface area contributed by atoms with Gasteiger partial charge in [0.25, 0.3) is 0 Å². The lowest BCUT2D eigenvalue weighted by Crippen LogP contribution is -1.96. The van der Waals surface area contributed by atoms with Crippen LogP contribution in [0.1, 0.15) is 10.4 Å². The summed E-state index contributed by atoms with van der Waals surface area (Å²) in [5.74, 6) is -0.229. The van der Waals surface area contributed by atoms with E-state index in [0.29, 0.717) is 17.0 Å². The molecular weight excluding hydrogens is 270 g/mol. The maximum atomic E-state index is 11.0. The fraction of sp³-hybridized carbons (Fsp3) is 0. The largest absolute Gasteiger partial charge is 0.508 e. The van der Waals surface area contributed by atoms with E-state index in [1.165, 1.54) is 12.1 Å². The first-order valence-corrected chi connectivity index (χ1v) is 6.22. The molecule has 0 aliphatic carbocycles. The van der Waals surface area contributed by atoms with Gasteiger partial charge in [0.05, 0.1) is 5.56 Å². The van der Waals surface area contributed by atoms with Crippen LogP contribution in [0.4, 0.5) is 0 Å². The Kier molecular flexibility index (Phi) is 3.16. The second-order valence-electron chi connectivity index (χ2n) is 4.46. The molecule has 1 heterocycles. The average Bonchev–Trinajstić information content (AvgIpc) is 2.48. The molecule has 0 radical (unpaired) electrons. The van der Waals surface area contributed by atoms with Crippen molar-refractivity contribution in [2.24, 2.45) is 0 Å². The maximum absolute atomic E-state index is 11.0. The van der Waals surface area contributed by atoms with Gasteiger partial charge < -0.3 is 14.9 Å². The molecule has 0 saturated heterocycles. The van der Waals surface area contributed by atoms with Gasteiger partial charge in [0.1, 0.15) is 11.5 Å². The number of aromatic nitrogens is 1. The zero-order valence-corrected chi connectivity index (χ0v) is 10.9. The first-order valence-electron chi connectivity index (χ1n) is 6.22. The van der Waals surface area contributed by atoms with E-state index in [1.807, 2.05) is 0 Å². The standard InChI is InChI=1S/C16H11NO4/c18-12-5-4-10-6-7-17-15(14(10)9-12)21-13-3-1-2-11(8-13)16(19)20/h1-9,18H,(H,19,20). The van der Waals surface area contributed by atoms with Gasteiger partial charge in [-0.15, -0.1) is 0 Å². The molecule has 3 rings (SSSR count). The van der Waals surface area contributed by atoms with Gasteiger partial charge in [0.2, 0.25) is 5.88 Å². The average molecular weight is 281 g/mol. The summed E-state index contributed by atoms with van der Waals surface area (Å²) in [5.41, 5.74) is 0.135.